The Kier molecular flexibility index (Phi) is 12.3. The van der Waals surface area contributed by atoms with Gasteiger partial charge in [-0.25, -0.2) is 0 Å². The van der Waals surface area contributed by atoms with Crippen molar-refractivity contribution < 1.29 is 14.3 Å². The molecule has 2 saturated carbocycles. The molecule has 1 heterocycles. The number of rotatable bonds is 7. The van der Waals surface area contributed by atoms with Crippen LogP contribution in [0.5, 0.6) is 0 Å². The standard InChI is InChI=1S/C27H40N4O3.2ClH/c28-26(29)20-8-12-23(13-9-20)31-16-14-19(15-17-31)18-25(32)30-22-10-6-21(7-11-22)27(33)34-24-4-2-1-3-5-24;;/h8-9,12-13,19,21-22,24H,1-7,10-11,14-18H2,(H3,28,29)(H,30,32);2*1H. The lowest BCUT2D eigenvalue weighted by Crippen LogP contribution is -2.41. The fourth-order valence-electron chi connectivity index (χ4n) is 5.71. The third-order valence-corrected chi connectivity index (χ3v) is 7.89. The molecular weight excluding hydrogens is 499 g/mol. The van der Waals surface area contributed by atoms with E-state index in [2.05, 4.69) is 10.2 Å². The molecule has 0 aromatic heterocycles. The Hall–Kier alpha value is -1.99. The molecule has 0 spiro atoms. The molecule has 1 amide bonds. The van der Waals surface area contributed by atoms with Crippen molar-refractivity contribution in [2.75, 3.05) is 18.0 Å². The number of halogens is 2. The summed E-state index contributed by atoms with van der Waals surface area (Å²) in [5.74, 6) is 0.638. The van der Waals surface area contributed by atoms with E-state index in [9.17, 15) is 9.59 Å². The van der Waals surface area contributed by atoms with Crippen LogP contribution in [0.15, 0.2) is 24.3 Å². The number of ether oxygens (including phenoxy) is 1. The highest BCUT2D eigenvalue weighted by Crippen LogP contribution is 2.29. The summed E-state index contributed by atoms with van der Waals surface area (Å²) in [5.41, 5.74) is 7.43. The minimum atomic E-state index is -0.0145. The van der Waals surface area contributed by atoms with Crippen LogP contribution in [0.25, 0.3) is 0 Å². The van der Waals surface area contributed by atoms with Gasteiger partial charge < -0.3 is 20.7 Å². The SMILES string of the molecule is Cl.Cl.N=C(N)c1ccc(N2CCC(CC(=O)NC3CCC(C(=O)OC4CCCCC4)CC3)CC2)cc1. The summed E-state index contributed by atoms with van der Waals surface area (Å²) in [5, 5.41) is 10.7. The third kappa shape index (κ3) is 8.55. The van der Waals surface area contributed by atoms with Crippen LogP contribution in [0.1, 0.15) is 82.6 Å². The van der Waals surface area contributed by atoms with Crippen LogP contribution in [0.3, 0.4) is 0 Å². The number of nitrogen functional groups attached to an aromatic ring is 1. The van der Waals surface area contributed by atoms with E-state index >= 15 is 0 Å². The average molecular weight is 542 g/mol. The number of piperidine rings is 1. The smallest absolute Gasteiger partial charge is 0.309 e. The number of nitrogens with two attached hydrogens (primary N) is 1. The summed E-state index contributed by atoms with van der Waals surface area (Å²) in [6.07, 6.45) is 11.7. The molecule has 3 aliphatic rings. The van der Waals surface area contributed by atoms with Gasteiger partial charge in [0.25, 0.3) is 0 Å². The van der Waals surface area contributed by atoms with E-state index in [-0.39, 0.29) is 60.6 Å². The largest absolute Gasteiger partial charge is 0.462 e. The first-order chi connectivity index (χ1) is 16.5. The lowest BCUT2D eigenvalue weighted by atomic mass is 9.85. The molecule has 7 nitrogen and oxygen atoms in total. The van der Waals surface area contributed by atoms with Gasteiger partial charge in [0.2, 0.25) is 5.91 Å². The summed E-state index contributed by atoms with van der Waals surface area (Å²) in [6, 6.07) is 8.01. The van der Waals surface area contributed by atoms with Crippen molar-refractivity contribution in [2.24, 2.45) is 17.6 Å². The number of hydrogen-bond donors (Lipinski definition) is 3. The van der Waals surface area contributed by atoms with Crippen LogP contribution in [0, 0.1) is 17.2 Å². The van der Waals surface area contributed by atoms with Crippen molar-refractivity contribution in [1.29, 1.82) is 5.41 Å². The number of esters is 1. The number of hydrogen-bond acceptors (Lipinski definition) is 5. The van der Waals surface area contributed by atoms with Crippen LogP contribution >= 0.6 is 24.8 Å². The van der Waals surface area contributed by atoms with Gasteiger partial charge in [0.15, 0.2) is 0 Å². The Morgan fingerprint density at radius 3 is 2.11 bits per heavy atom. The Morgan fingerprint density at radius 2 is 1.53 bits per heavy atom. The van der Waals surface area contributed by atoms with E-state index in [0.29, 0.717) is 12.3 Å². The molecule has 1 aromatic carbocycles. The second-order valence-electron chi connectivity index (χ2n) is 10.4. The number of carbonyl (C=O) groups excluding carboxylic acids is 2. The van der Waals surface area contributed by atoms with Crippen molar-refractivity contribution in [3.05, 3.63) is 29.8 Å². The first-order valence-corrected chi connectivity index (χ1v) is 13.2. The van der Waals surface area contributed by atoms with Crippen LogP contribution < -0.4 is 16.0 Å². The summed E-state index contributed by atoms with van der Waals surface area (Å²) >= 11 is 0. The second kappa shape index (κ2) is 14.7. The van der Waals surface area contributed by atoms with Crippen molar-refractivity contribution >= 4 is 48.2 Å². The Labute approximate surface area is 227 Å². The highest BCUT2D eigenvalue weighted by Gasteiger charge is 2.30. The summed E-state index contributed by atoms with van der Waals surface area (Å²) < 4.78 is 5.76. The highest BCUT2D eigenvalue weighted by atomic mass is 35.5. The average Bonchev–Trinajstić information content (AvgIpc) is 2.85. The number of benzene rings is 1. The van der Waals surface area contributed by atoms with Gasteiger partial charge in [-0.05, 0) is 94.4 Å². The zero-order chi connectivity index (χ0) is 23.9. The molecule has 0 radical (unpaired) electrons. The number of amides is 1. The molecule has 4 N–H and O–H groups in total. The summed E-state index contributed by atoms with van der Waals surface area (Å²) in [7, 11) is 0. The molecule has 2 aliphatic carbocycles. The first-order valence-electron chi connectivity index (χ1n) is 13.2. The van der Waals surface area contributed by atoms with Crippen molar-refractivity contribution in [3.63, 3.8) is 0 Å². The fraction of sp³-hybridized carbons (Fsp3) is 0.667. The predicted molar refractivity (Wildman–Crippen MR) is 148 cm³/mol. The zero-order valence-electron chi connectivity index (χ0n) is 21.1. The predicted octanol–water partition coefficient (Wildman–Crippen LogP) is 4.97. The monoisotopic (exact) mass is 540 g/mol. The van der Waals surface area contributed by atoms with Crippen LogP contribution in [-0.2, 0) is 14.3 Å². The minimum Gasteiger partial charge on any atom is -0.462 e. The topological polar surface area (TPSA) is 109 Å². The number of amidine groups is 1. The van der Waals surface area contributed by atoms with Crippen molar-refractivity contribution in [2.45, 2.75) is 89.2 Å². The highest BCUT2D eigenvalue weighted by molar-refractivity contribution is 5.95. The maximum absolute atomic E-state index is 12.7. The number of nitrogens with zero attached hydrogens (tertiary/aromatic N) is 1. The molecular formula is C27H42Cl2N4O3. The molecule has 1 aliphatic heterocycles. The molecule has 4 rings (SSSR count). The van der Waals surface area contributed by atoms with E-state index in [0.717, 1.165) is 75.7 Å². The van der Waals surface area contributed by atoms with E-state index in [1.807, 2.05) is 24.3 Å². The first kappa shape index (κ1) is 30.2. The maximum Gasteiger partial charge on any atom is 0.309 e. The number of anilines is 1. The molecule has 202 valence electrons. The van der Waals surface area contributed by atoms with E-state index < -0.39 is 0 Å². The quantitative estimate of drug-likeness (QED) is 0.257. The summed E-state index contributed by atoms with van der Waals surface area (Å²) in [6.45, 7) is 1.87. The Morgan fingerprint density at radius 1 is 0.917 bits per heavy atom. The number of nitrogens with one attached hydrogen (secondary N) is 2. The van der Waals surface area contributed by atoms with Gasteiger partial charge in [0.1, 0.15) is 11.9 Å². The molecule has 0 atom stereocenters. The normalized spacial score (nSPS) is 23.1. The molecule has 9 heteroatoms. The van der Waals surface area contributed by atoms with Crippen LogP contribution in [0.4, 0.5) is 5.69 Å². The van der Waals surface area contributed by atoms with Crippen LogP contribution in [0.2, 0.25) is 0 Å². The van der Waals surface area contributed by atoms with E-state index in [4.69, 9.17) is 15.9 Å². The van der Waals surface area contributed by atoms with Gasteiger partial charge in [0.05, 0.1) is 5.92 Å². The summed E-state index contributed by atoms with van der Waals surface area (Å²) in [4.78, 5) is 27.5. The third-order valence-electron chi connectivity index (χ3n) is 7.89. The van der Waals surface area contributed by atoms with E-state index in [1.165, 1.54) is 19.3 Å². The van der Waals surface area contributed by atoms with Gasteiger partial charge in [0, 0.05) is 36.8 Å². The number of carbonyl (C=O) groups is 2. The van der Waals surface area contributed by atoms with Crippen molar-refractivity contribution in [1.82, 2.24) is 5.32 Å². The van der Waals surface area contributed by atoms with E-state index in [1.54, 1.807) is 0 Å². The van der Waals surface area contributed by atoms with Gasteiger partial charge in [-0.3, -0.25) is 15.0 Å². The minimum absolute atomic E-state index is 0. The zero-order valence-corrected chi connectivity index (χ0v) is 22.7. The lowest BCUT2D eigenvalue weighted by Gasteiger charge is -2.34. The Balaban J connectivity index is 0.00000228. The molecule has 0 unspecified atom stereocenters. The second-order valence-corrected chi connectivity index (χ2v) is 10.4. The lowest BCUT2D eigenvalue weighted by molar-refractivity contribution is -0.156. The van der Waals surface area contributed by atoms with Gasteiger partial charge in [-0.1, -0.05) is 6.42 Å². The molecule has 0 bridgehead atoms. The molecule has 1 saturated heterocycles. The van der Waals surface area contributed by atoms with Gasteiger partial charge >= 0.3 is 5.97 Å². The van der Waals surface area contributed by atoms with Crippen LogP contribution in [-0.4, -0.2) is 42.9 Å². The van der Waals surface area contributed by atoms with Gasteiger partial charge in [-0.15, -0.1) is 24.8 Å². The molecule has 1 aromatic rings. The fourth-order valence-corrected chi connectivity index (χ4v) is 5.71. The van der Waals surface area contributed by atoms with Crippen molar-refractivity contribution in [3.8, 4) is 0 Å². The Bertz CT molecular complexity index is 845. The maximum atomic E-state index is 12.7. The molecule has 36 heavy (non-hydrogen) atoms. The van der Waals surface area contributed by atoms with Gasteiger partial charge in [-0.2, -0.15) is 0 Å². The molecule has 3 fully saturated rings.